The number of rotatable bonds is 1. The van der Waals surface area contributed by atoms with Crippen molar-refractivity contribution in [3.8, 4) is 16.9 Å². The Kier molecular flexibility index (Phi) is 3.61. The summed E-state index contributed by atoms with van der Waals surface area (Å²) in [4.78, 5) is 0. The molecule has 0 aliphatic rings. The van der Waals surface area contributed by atoms with Gasteiger partial charge in [-0.2, -0.15) is 26.3 Å². The molecule has 0 unspecified atom stereocenters. The number of benzene rings is 2. The highest BCUT2D eigenvalue weighted by Gasteiger charge is 2.38. The van der Waals surface area contributed by atoms with Gasteiger partial charge in [0.15, 0.2) is 0 Å². The van der Waals surface area contributed by atoms with E-state index in [1.807, 2.05) is 0 Å². The second kappa shape index (κ2) is 4.98. The number of aromatic hydroxyl groups is 1. The first-order valence-electron chi connectivity index (χ1n) is 5.67. The lowest BCUT2D eigenvalue weighted by atomic mass is 9.94. The van der Waals surface area contributed by atoms with Crippen molar-refractivity contribution in [3.05, 3.63) is 53.6 Å². The van der Waals surface area contributed by atoms with Gasteiger partial charge in [0.05, 0.1) is 11.1 Å². The molecule has 0 aliphatic carbocycles. The summed E-state index contributed by atoms with van der Waals surface area (Å²) < 4.78 is 77.6. The lowest BCUT2D eigenvalue weighted by Gasteiger charge is -2.17. The highest BCUT2D eigenvalue weighted by molar-refractivity contribution is 5.73. The summed E-state index contributed by atoms with van der Waals surface area (Å²) in [6.07, 6.45) is -9.63. The van der Waals surface area contributed by atoms with Crippen LogP contribution in [0.1, 0.15) is 11.1 Å². The van der Waals surface area contributed by atoms with Crippen molar-refractivity contribution in [2.75, 3.05) is 0 Å². The Hall–Kier alpha value is -2.18. The van der Waals surface area contributed by atoms with Gasteiger partial charge in [-0.1, -0.05) is 18.2 Å². The second-order valence-electron chi connectivity index (χ2n) is 4.27. The zero-order valence-corrected chi connectivity index (χ0v) is 10.3. The second-order valence-corrected chi connectivity index (χ2v) is 4.27. The molecule has 21 heavy (non-hydrogen) atoms. The molecule has 0 radical (unpaired) electrons. The fourth-order valence-corrected chi connectivity index (χ4v) is 1.97. The Morgan fingerprint density at radius 1 is 0.667 bits per heavy atom. The molecule has 0 bridgehead atoms. The minimum Gasteiger partial charge on any atom is -0.508 e. The summed E-state index contributed by atoms with van der Waals surface area (Å²) in [7, 11) is 0. The standard InChI is InChI=1S/C14H8F6O/c15-13(16,17)11-4-2-1-3-9(11)10-7-8(21)5-6-12(10)14(18,19)20/h1-7,21H. The number of halogens is 6. The van der Waals surface area contributed by atoms with E-state index < -0.39 is 40.4 Å². The van der Waals surface area contributed by atoms with Crippen LogP contribution in [0.2, 0.25) is 0 Å². The van der Waals surface area contributed by atoms with E-state index in [0.29, 0.717) is 18.2 Å². The Balaban J connectivity index is 2.77. The number of alkyl halides is 6. The van der Waals surface area contributed by atoms with Crippen LogP contribution in [0, 0.1) is 0 Å². The maximum absolute atomic E-state index is 12.9. The monoisotopic (exact) mass is 306 g/mol. The molecule has 2 rings (SSSR count). The number of phenols is 1. The Labute approximate surface area is 115 Å². The van der Waals surface area contributed by atoms with Crippen LogP contribution >= 0.6 is 0 Å². The number of hydrogen-bond donors (Lipinski definition) is 1. The van der Waals surface area contributed by atoms with Crippen molar-refractivity contribution in [3.63, 3.8) is 0 Å². The Morgan fingerprint density at radius 3 is 1.76 bits per heavy atom. The maximum atomic E-state index is 12.9. The topological polar surface area (TPSA) is 20.2 Å². The van der Waals surface area contributed by atoms with Gasteiger partial charge < -0.3 is 5.11 Å². The molecule has 1 N–H and O–H groups in total. The smallest absolute Gasteiger partial charge is 0.417 e. The van der Waals surface area contributed by atoms with E-state index in [9.17, 15) is 31.4 Å². The van der Waals surface area contributed by atoms with E-state index in [4.69, 9.17) is 0 Å². The molecule has 0 aliphatic heterocycles. The zero-order valence-electron chi connectivity index (χ0n) is 10.3. The van der Waals surface area contributed by atoms with E-state index in [1.165, 1.54) is 6.07 Å². The zero-order chi connectivity index (χ0) is 15.8. The van der Waals surface area contributed by atoms with E-state index in [2.05, 4.69) is 0 Å². The van der Waals surface area contributed by atoms with Gasteiger partial charge in [0.25, 0.3) is 0 Å². The molecular formula is C14H8F6O. The third-order valence-electron chi connectivity index (χ3n) is 2.83. The van der Waals surface area contributed by atoms with Crippen LogP contribution in [0.5, 0.6) is 5.75 Å². The third kappa shape index (κ3) is 3.12. The lowest BCUT2D eigenvalue weighted by Crippen LogP contribution is -2.11. The van der Waals surface area contributed by atoms with Crippen LogP contribution in [0.25, 0.3) is 11.1 Å². The predicted molar refractivity (Wildman–Crippen MR) is 63.5 cm³/mol. The van der Waals surface area contributed by atoms with Crippen LogP contribution in [0.15, 0.2) is 42.5 Å². The van der Waals surface area contributed by atoms with Gasteiger partial charge in [0.1, 0.15) is 5.75 Å². The Morgan fingerprint density at radius 2 is 1.19 bits per heavy atom. The minimum atomic E-state index is -4.83. The fourth-order valence-electron chi connectivity index (χ4n) is 1.97. The van der Waals surface area contributed by atoms with Crippen LogP contribution in [-0.2, 0) is 12.4 Å². The molecule has 1 nitrogen and oxygen atoms in total. The molecular weight excluding hydrogens is 298 g/mol. The first-order valence-corrected chi connectivity index (χ1v) is 5.67. The lowest BCUT2D eigenvalue weighted by molar-refractivity contribution is -0.139. The molecule has 0 aromatic heterocycles. The van der Waals surface area contributed by atoms with Crippen LogP contribution in [0.3, 0.4) is 0 Å². The largest absolute Gasteiger partial charge is 0.508 e. The average Bonchev–Trinajstić information content (AvgIpc) is 2.36. The summed E-state index contributed by atoms with van der Waals surface area (Å²) in [5.74, 6) is -0.546. The summed E-state index contributed by atoms with van der Waals surface area (Å²) >= 11 is 0. The summed E-state index contributed by atoms with van der Waals surface area (Å²) in [6, 6.07) is 5.93. The first kappa shape index (κ1) is 15.2. The van der Waals surface area contributed by atoms with Gasteiger partial charge in [-0.25, -0.2) is 0 Å². The molecule has 0 atom stereocenters. The van der Waals surface area contributed by atoms with Crippen molar-refractivity contribution in [2.24, 2.45) is 0 Å². The van der Waals surface area contributed by atoms with Gasteiger partial charge in [-0.3, -0.25) is 0 Å². The first-order chi connectivity index (χ1) is 9.60. The van der Waals surface area contributed by atoms with E-state index >= 15 is 0 Å². The minimum absolute atomic E-state index is 0.546. The summed E-state index contributed by atoms with van der Waals surface area (Å²) in [5, 5.41) is 9.31. The molecule has 0 fully saturated rings. The third-order valence-corrected chi connectivity index (χ3v) is 2.83. The van der Waals surface area contributed by atoms with E-state index in [1.54, 1.807) is 0 Å². The van der Waals surface area contributed by atoms with Crippen LogP contribution < -0.4 is 0 Å². The molecule has 0 spiro atoms. The quantitative estimate of drug-likeness (QED) is 0.727. The van der Waals surface area contributed by atoms with Crippen LogP contribution in [-0.4, -0.2) is 5.11 Å². The van der Waals surface area contributed by atoms with Crippen molar-refractivity contribution in [2.45, 2.75) is 12.4 Å². The highest BCUT2D eigenvalue weighted by Crippen LogP contribution is 2.43. The van der Waals surface area contributed by atoms with Crippen molar-refractivity contribution >= 4 is 0 Å². The van der Waals surface area contributed by atoms with Gasteiger partial charge in [-0.15, -0.1) is 0 Å². The molecule has 2 aromatic carbocycles. The number of phenolic OH excluding ortho intramolecular Hbond substituents is 1. The number of hydrogen-bond acceptors (Lipinski definition) is 1. The van der Waals surface area contributed by atoms with E-state index in [0.717, 1.165) is 18.2 Å². The molecule has 0 saturated heterocycles. The van der Waals surface area contributed by atoms with Gasteiger partial charge in [0.2, 0.25) is 0 Å². The Bertz CT molecular complexity index is 657. The SMILES string of the molecule is Oc1ccc(C(F)(F)F)c(-c2ccccc2C(F)(F)F)c1. The van der Waals surface area contributed by atoms with Crippen molar-refractivity contribution in [1.29, 1.82) is 0 Å². The molecule has 0 saturated carbocycles. The molecule has 0 amide bonds. The van der Waals surface area contributed by atoms with Gasteiger partial charge in [-0.05, 0) is 35.4 Å². The van der Waals surface area contributed by atoms with Crippen molar-refractivity contribution in [1.82, 2.24) is 0 Å². The maximum Gasteiger partial charge on any atom is 0.417 e. The van der Waals surface area contributed by atoms with Gasteiger partial charge >= 0.3 is 12.4 Å². The van der Waals surface area contributed by atoms with E-state index in [-0.39, 0.29) is 0 Å². The highest BCUT2D eigenvalue weighted by atomic mass is 19.4. The molecule has 2 aromatic rings. The predicted octanol–water partition coefficient (Wildman–Crippen LogP) is 5.10. The summed E-state index contributed by atoms with van der Waals surface area (Å²) in [5.41, 5.74) is -3.78. The summed E-state index contributed by atoms with van der Waals surface area (Å²) in [6.45, 7) is 0. The molecule has 0 heterocycles. The fraction of sp³-hybridized carbons (Fsp3) is 0.143. The normalized spacial score (nSPS) is 12.5. The van der Waals surface area contributed by atoms with Crippen molar-refractivity contribution < 1.29 is 31.4 Å². The molecule has 112 valence electrons. The molecule has 7 heteroatoms. The van der Waals surface area contributed by atoms with Crippen LogP contribution in [0.4, 0.5) is 26.3 Å². The van der Waals surface area contributed by atoms with Gasteiger partial charge in [0, 0.05) is 0 Å². The average molecular weight is 306 g/mol.